The lowest BCUT2D eigenvalue weighted by Crippen LogP contribution is -2.56. The third-order valence-corrected chi connectivity index (χ3v) is 9.59. The number of carbonyl (C=O) groups is 2. The van der Waals surface area contributed by atoms with Gasteiger partial charge in [0.15, 0.2) is 0 Å². The molecule has 1 saturated carbocycles. The summed E-state index contributed by atoms with van der Waals surface area (Å²) < 4.78 is 95.9. The molecule has 1 aromatic heterocycles. The standard InChI is InChI=1S/C29H23ClF5N5O4S/c30-22-7-2-1-6-21(22)25(26(41)38-19-14-28(31,32)15-19)39(20-5-3-4-18(13-20)29(33,34)35)27(42)23-9-11-45(43,44)40(23)24-12-17(16-36)8-10-37-24/h1-8,10,12-13,19,23,25H,9,11,14-15H2,(H,38,41)/t23?,25-/m1/s1. The molecule has 45 heavy (non-hydrogen) atoms. The zero-order valence-electron chi connectivity index (χ0n) is 23.0. The van der Waals surface area contributed by atoms with Crippen molar-refractivity contribution in [2.24, 2.45) is 0 Å². The smallest absolute Gasteiger partial charge is 0.351 e. The number of nitrogens with one attached hydrogen (secondary N) is 1. The van der Waals surface area contributed by atoms with Gasteiger partial charge in [-0.1, -0.05) is 35.9 Å². The van der Waals surface area contributed by atoms with Crippen molar-refractivity contribution in [3.05, 3.63) is 88.6 Å². The van der Waals surface area contributed by atoms with Crippen LogP contribution in [0, 0.1) is 11.3 Å². The van der Waals surface area contributed by atoms with Gasteiger partial charge < -0.3 is 5.32 Å². The fourth-order valence-electron chi connectivity index (χ4n) is 5.34. The van der Waals surface area contributed by atoms with Gasteiger partial charge in [-0.25, -0.2) is 26.5 Å². The number of nitriles is 1. The van der Waals surface area contributed by atoms with Gasteiger partial charge >= 0.3 is 6.18 Å². The van der Waals surface area contributed by atoms with Crippen molar-refractivity contribution in [2.75, 3.05) is 15.0 Å². The van der Waals surface area contributed by atoms with Crippen molar-refractivity contribution in [3.8, 4) is 6.07 Å². The predicted molar refractivity (Wildman–Crippen MR) is 153 cm³/mol. The third-order valence-electron chi connectivity index (χ3n) is 7.45. The van der Waals surface area contributed by atoms with E-state index < -0.39 is 81.9 Å². The number of sulfonamides is 1. The van der Waals surface area contributed by atoms with E-state index in [0.717, 1.165) is 30.5 Å². The number of carbonyl (C=O) groups excluding carboxylic acids is 2. The molecule has 2 fully saturated rings. The highest BCUT2D eigenvalue weighted by Gasteiger charge is 2.50. The number of rotatable bonds is 7. The molecular weight excluding hydrogens is 645 g/mol. The van der Waals surface area contributed by atoms with Crippen LogP contribution in [-0.2, 0) is 25.8 Å². The molecule has 2 amide bonds. The van der Waals surface area contributed by atoms with Crippen molar-refractivity contribution in [3.63, 3.8) is 0 Å². The third kappa shape index (κ3) is 6.57. The van der Waals surface area contributed by atoms with Crippen LogP contribution in [0.5, 0.6) is 0 Å². The van der Waals surface area contributed by atoms with Crippen molar-refractivity contribution >= 4 is 44.9 Å². The number of halogens is 6. The Balaban J connectivity index is 1.68. The van der Waals surface area contributed by atoms with Crippen molar-refractivity contribution < 1.29 is 40.0 Å². The second kappa shape index (κ2) is 11.9. The SMILES string of the molecule is N#Cc1ccnc(N2C(C(=O)N(c3cccc(C(F)(F)F)c3)[C@@H](C(=O)NC3CC(F)(F)C3)c3ccccc3Cl)CCS2(=O)=O)c1. The number of nitrogens with zero attached hydrogens (tertiary/aromatic N) is 4. The predicted octanol–water partition coefficient (Wildman–Crippen LogP) is 5.22. The van der Waals surface area contributed by atoms with Gasteiger partial charge in [0.2, 0.25) is 15.9 Å². The summed E-state index contributed by atoms with van der Waals surface area (Å²) in [6.45, 7) is 0. The number of hydrogen-bond acceptors (Lipinski definition) is 6. The van der Waals surface area contributed by atoms with Crippen molar-refractivity contribution in [1.29, 1.82) is 5.26 Å². The molecule has 1 unspecified atom stereocenters. The Kier molecular flexibility index (Phi) is 8.49. The molecule has 3 aromatic rings. The average molecular weight is 668 g/mol. The Morgan fingerprint density at radius 1 is 1.11 bits per heavy atom. The Labute approximate surface area is 259 Å². The highest BCUT2D eigenvalue weighted by Crippen LogP contribution is 2.41. The van der Waals surface area contributed by atoms with Crippen molar-refractivity contribution in [1.82, 2.24) is 10.3 Å². The summed E-state index contributed by atoms with van der Waals surface area (Å²) in [5.41, 5.74) is -1.63. The van der Waals surface area contributed by atoms with Crippen LogP contribution < -0.4 is 14.5 Å². The van der Waals surface area contributed by atoms with E-state index in [1.54, 1.807) is 0 Å². The van der Waals surface area contributed by atoms with E-state index in [9.17, 15) is 45.2 Å². The number of hydrogen-bond donors (Lipinski definition) is 1. The van der Waals surface area contributed by atoms with E-state index in [1.165, 1.54) is 30.3 Å². The van der Waals surface area contributed by atoms with Gasteiger partial charge in [0, 0.05) is 41.4 Å². The van der Waals surface area contributed by atoms with Crippen LogP contribution in [0.25, 0.3) is 0 Å². The lowest BCUT2D eigenvalue weighted by Gasteiger charge is -2.39. The number of anilines is 2. The van der Waals surface area contributed by atoms with Gasteiger partial charge in [-0.3, -0.25) is 14.5 Å². The molecule has 16 heteroatoms. The minimum absolute atomic E-state index is 0.0219. The summed E-state index contributed by atoms with van der Waals surface area (Å²) >= 11 is 6.43. The second-order valence-corrected chi connectivity index (χ2v) is 13.0. The van der Waals surface area contributed by atoms with Gasteiger partial charge in [-0.05, 0) is 42.8 Å². The van der Waals surface area contributed by atoms with E-state index in [2.05, 4.69) is 10.3 Å². The van der Waals surface area contributed by atoms with Crippen LogP contribution in [0.1, 0.15) is 42.0 Å². The molecule has 1 N–H and O–H groups in total. The minimum atomic E-state index is -4.87. The van der Waals surface area contributed by atoms with E-state index in [1.807, 2.05) is 6.07 Å². The van der Waals surface area contributed by atoms with Crippen LogP contribution >= 0.6 is 11.6 Å². The van der Waals surface area contributed by atoms with E-state index in [0.29, 0.717) is 15.3 Å². The van der Waals surface area contributed by atoms with Crippen molar-refractivity contribution in [2.45, 2.75) is 49.5 Å². The van der Waals surface area contributed by atoms with Gasteiger partial charge in [0.25, 0.3) is 11.8 Å². The Bertz CT molecular complexity index is 1790. The molecule has 236 valence electrons. The fraction of sp³-hybridized carbons (Fsp3) is 0.310. The molecule has 0 radical (unpaired) electrons. The molecule has 2 aromatic carbocycles. The first-order chi connectivity index (χ1) is 21.1. The first kappa shape index (κ1) is 32.1. The lowest BCUT2D eigenvalue weighted by molar-refractivity contribution is -0.137. The summed E-state index contributed by atoms with van der Waals surface area (Å²) in [5, 5.41) is 11.7. The molecule has 2 aliphatic rings. The molecule has 1 aliphatic carbocycles. The molecule has 2 heterocycles. The summed E-state index contributed by atoms with van der Waals surface area (Å²) in [7, 11) is -4.23. The number of aromatic nitrogens is 1. The quantitative estimate of drug-likeness (QED) is 0.345. The Morgan fingerprint density at radius 2 is 1.82 bits per heavy atom. The molecule has 9 nitrogen and oxygen atoms in total. The fourth-order valence-corrected chi connectivity index (χ4v) is 7.26. The number of amides is 2. The average Bonchev–Trinajstić information content (AvgIpc) is 3.29. The van der Waals surface area contributed by atoms with E-state index in [4.69, 9.17) is 11.6 Å². The van der Waals surface area contributed by atoms with Crippen LogP contribution in [0.2, 0.25) is 5.02 Å². The lowest BCUT2D eigenvalue weighted by atomic mass is 9.87. The number of benzene rings is 2. The molecule has 1 saturated heterocycles. The normalized spacial score (nSPS) is 19.7. The molecule has 1 aliphatic heterocycles. The number of pyridine rings is 1. The maximum Gasteiger partial charge on any atom is 0.416 e. The molecule has 0 spiro atoms. The van der Waals surface area contributed by atoms with Gasteiger partial charge in [0.1, 0.15) is 17.9 Å². The molecule has 0 bridgehead atoms. The van der Waals surface area contributed by atoms with Crippen LogP contribution in [0.4, 0.5) is 33.5 Å². The van der Waals surface area contributed by atoms with Crippen LogP contribution in [0.3, 0.4) is 0 Å². The monoisotopic (exact) mass is 667 g/mol. The van der Waals surface area contributed by atoms with Crippen LogP contribution in [-0.4, -0.2) is 49.0 Å². The summed E-state index contributed by atoms with van der Waals surface area (Å²) in [6, 6.07) is 9.02. The first-order valence-electron chi connectivity index (χ1n) is 13.4. The van der Waals surface area contributed by atoms with Crippen LogP contribution in [0.15, 0.2) is 66.9 Å². The highest BCUT2D eigenvalue weighted by molar-refractivity contribution is 7.93. The van der Waals surface area contributed by atoms with Gasteiger partial charge in [-0.15, -0.1) is 0 Å². The minimum Gasteiger partial charge on any atom is -0.351 e. The maximum atomic E-state index is 14.5. The molecule has 2 atom stereocenters. The first-order valence-corrected chi connectivity index (χ1v) is 15.4. The zero-order valence-corrected chi connectivity index (χ0v) is 24.6. The molecular formula is C29H23ClF5N5O4S. The molecule has 5 rings (SSSR count). The van der Waals surface area contributed by atoms with E-state index >= 15 is 0 Å². The topological polar surface area (TPSA) is 123 Å². The summed E-state index contributed by atoms with van der Waals surface area (Å²) in [6.07, 6.45) is -5.44. The summed E-state index contributed by atoms with van der Waals surface area (Å²) in [4.78, 5) is 33.1. The Morgan fingerprint density at radius 3 is 2.47 bits per heavy atom. The Hall–Kier alpha value is -4.29. The maximum absolute atomic E-state index is 14.5. The highest BCUT2D eigenvalue weighted by atomic mass is 35.5. The van der Waals surface area contributed by atoms with Gasteiger partial charge in [0.05, 0.1) is 22.9 Å². The zero-order chi connectivity index (χ0) is 32.7. The second-order valence-electron chi connectivity index (χ2n) is 10.6. The summed E-state index contributed by atoms with van der Waals surface area (Å²) in [5.74, 6) is -6.01. The number of alkyl halides is 5. The largest absolute Gasteiger partial charge is 0.416 e. The van der Waals surface area contributed by atoms with Gasteiger partial charge in [-0.2, -0.15) is 18.4 Å². The van der Waals surface area contributed by atoms with E-state index in [-0.39, 0.29) is 28.4 Å².